The average molecular weight is 416 g/mol. The zero-order chi connectivity index (χ0) is 21.7. The number of anilines is 1. The molecule has 1 heterocycles. The number of nitrogens with zero attached hydrogens (tertiary/aromatic N) is 1. The number of amides is 1. The third-order valence-corrected chi connectivity index (χ3v) is 4.61. The lowest BCUT2D eigenvalue weighted by Crippen LogP contribution is -2.28. The highest BCUT2D eigenvalue weighted by Crippen LogP contribution is 2.39. The van der Waals surface area contributed by atoms with Crippen molar-refractivity contribution in [2.45, 2.75) is 12.5 Å². The van der Waals surface area contributed by atoms with Crippen LogP contribution in [0.25, 0.3) is 0 Å². The Bertz CT molecular complexity index is 933. The number of benzene rings is 2. The van der Waals surface area contributed by atoms with Gasteiger partial charge in [-0.25, -0.2) is 0 Å². The molecule has 0 aliphatic carbocycles. The standard InChI is InChI=1S/C21H24N2O7/c1-25-15-7-6-13(10-16(15)26-2)22-21(24)19-11-14(23-30-19)12-8-17(27-3)20(29-5)18(9-12)28-4/h6-10,19H,11H2,1-5H3,(H,22,24)/t19-/m1/s1. The Hall–Kier alpha value is -3.62. The van der Waals surface area contributed by atoms with Crippen LogP contribution in [-0.4, -0.2) is 53.3 Å². The average Bonchev–Trinajstić information content (AvgIpc) is 3.28. The third-order valence-electron chi connectivity index (χ3n) is 4.61. The van der Waals surface area contributed by atoms with Gasteiger partial charge in [0.25, 0.3) is 5.91 Å². The fourth-order valence-electron chi connectivity index (χ4n) is 3.07. The molecule has 2 aromatic carbocycles. The summed E-state index contributed by atoms with van der Waals surface area (Å²) in [5.74, 6) is 2.22. The molecule has 1 atom stereocenters. The lowest BCUT2D eigenvalue weighted by molar-refractivity contribution is -0.125. The number of hydrogen-bond acceptors (Lipinski definition) is 8. The largest absolute Gasteiger partial charge is 0.493 e. The normalized spacial score (nSPS) is 15.0. The SMILES string of the molecule is COc1ccc(NC(=O)[C@H]2CC(c3cc(OC)c(OC)c(OC)c3)=NO2)cc1OC. The Morgan fingerprint density at radius 1 is 0.900 bits per heavy atom. The summed E-state index contributed by atoms with van der Waals surface area (Å²) in [7, 11) is 7.68. The second kappa shape index (κ2) is 9.25. The van der Waals surface area contributed by atoms with Crippen LogP contribution in [0.3, 0.4) is 0 Å². The molecule has 1 amide bonds. The highest BCUT2D eigenvalue weighted by molar-refractivity contribution is 6.06. The summed E-state index contributed by atoms with van der Waals surface area (Å²) in [6.07, 6.45) is -0.482. The van der Waals surface area contributed by atoms with Gasteiger partial charge in [-0.2, -0.15) is 0 Å². The molecule has 1 N–H and O–H groups in total. The number of hydrogen-bond donors (Lipinski definition) is 1. The second-order valence-corrected chi connectivity index (χ2v) is 6.31. The molecule has 2 aromatic rings. The van der Waals surface area contributed by atoms with Crippen LogP contribution in [0.4, 0.5) is 5.69 Å². The van der Waals surface area contributed by atoms with Crippen molar-refractivity contribution >= 4 is 17.3 Å². The van der Waals surface area contributed by atoms with Crippen molar-refractivity contribution in [3.05, 3.63) is 35.9 Å². The maximum Gasteiger partial charge on any atom is 0.268 e. The maximum atomic E-state index is 12.6. The zero-order valence-electron chi connectivity index (χ0n) is 17.5. The number of carbonyl (C=O) groups is 1. The van der Waals surface area contributed by atoms with Crippen LogP contribution < -0.4 is 29.0 Å². The van der Waals surface area contributed by atoms with E-state index in [0.29, 0.717) is 45.7 Å². The Morgan fingerprint density at radius 3 is 2.10 bits per heavy atom. The Kier molecular flexibility index (Phi) is 6.51. The molecule has 0 aromatic heterocycles. The lowest BCUT2D eigenvalue weighted by atomic mass is 10.0. The quantitative estimate of drug-likeness (QED) is 0.707. The van der Waals surface area contributed by atoms with Crippen LogP contribution in [0, 0.1) is 0 Å². The van der Waals surface area contributed by atoms with Gasteiger partial charge in [-0.15, -0.1) is 0 Å². The first-order chi connectivity index (χ1) is 14.5. The van der Waals surface area contributed by atoms with E-state index >= 15 is 0 Å². The number of methoxy groups -OCH3 is 5. The molecular weight excluding hydrogens is 392 g/mol. The monoisotopic (exact) mass is 416 g/mol. The summed E-state index contributed by atoms with van der Waals surface area (Å²) in [5, 5.41) is 6.88. The lowest BCUT2D eigenvalue weighted by Gasteiger charge is -2.14. The van der Waals surface area contributed by atoms with Gasteiger partial charge < -0.3 is 33.8 Å². The molecule has 0 saturated carbocycles. The van der Waals surface area contributed by atoms with Crippen LogP contribution in [0.15, 0.2) is 35.5 Å². The molecule has 0 spiro atoms. The van der Waals surface area contributed by atoms with Gasteiger partial charge in [0.2, 0.25) is 11.9 Å². The topological polar surface area (TPSA) is 96.8 Å². The van der Waals surface area contributed by atoms with Gasteiger partial charge >= 0.3 is 0 Å². The molecule has 0 saturated heterocycles. The van der Waals surface area contributed by atoms with Gasteiger partial charge in [-0.05, 0) is 24.3 Å². The highest BCUT2D eigenvalue weighted by atomic mass is 16.6. The van der Waals surface area contributed by atoms with Crippen molar-refractivity contribution in [3.8, 4) is 28.7 Å². The highest BCUT2D eigenvalue weighted by Gasteiger charge is 2.30. The van der Waals surface area contributed by atoms with Gasteiger partial charge in [0.15, 0.2) is 23.0 Å². The van der Waals surface area contributed by atoms with Crippen LogP contribution in [0.2, 0.25) is 0 Å². The number of rotatable bonds is 8. The first-order valence-electron chi connectivity index (χ1n) is 9.10. The molecule has 9 heteroatoms. The van der Waals surface area contributed by atoms with Gasteiger partial charge in [-0.3, -0.25) is 4.79 Å². The van der Waals surface area contributed by atoms with Crippen LogP contribution in [0.1, 0.15) is 12.0 Å². The summed E-state index contributed by atoms with van der Waals surface area (Å²) in [6.45, 7) is 0. The number of carbonyl (C=O) groups excluding carboxylic acids is 1. The summed E-state index contributed by atoms with van der Waals surface area (Å²) in [5.41, 5.74) is 1.87. The fraction of sp³-hybridized carbons (Fsp3) is 0.333. The van der Waals surface area contributed by atoms with E-state index < -0.39 is 6.10 Å². The van der Waals surface area contributed by atoms with Crippen molar-refractivity contribution in [1.82, 2.24) is 0 Å². The molecule has 0 unspecified atom stereocenters. The van der Waals surface area contributed by atoms with Crippen molar-refractivity contribution in [2.24, 2.45) is 5.16 Å². The fourth-order valence-corrected chi connectivity index (χ4v) is 3.07. The van der Waals surface area contributed by atoms with Gasteiger partial charge in [0, 0.05) is 23.7 Å². The van der Waals surface area contributed by atoms with E-state index in [2.05, 4.69) is 10.5 Å². The first-order valence-corrected chi connectivity index (χ1v) is 9.10. The van der Waals surface area contributed by atoms with Crippen molar-refractivity contribution < 1.29 is 33.3 Å². The van der Waals surface area contributed by atoms with Crippen LogP contribution in [0.5, 0.6) is 28.7 Å². The van der Waals surface area contributed by atoms with E-state index in [4.69, 9.17) is 28.5 Å². The van der Waals surface area contributed by atoms with E-state index in [1.807, 2.05) is 0 Å². The molecule has 1 aliphatic heterocycles. The molecule has 9 nitrogen and oxygen atoms in total. The zero-order valence-corrected chi connectivity index (χ0v) is 17.5. The summed E-state index contributed by atoms with van der Waals surface area (Å²) >= 11 is 0. The Morgan fingerprint density at radius 2 is 1.53 bits per heavy atom. The minimum atomic E-state index is -0.771. The minimum Gasteiger partial charge on any atom is -0.493 e. The Labute approximate surface area is 174 Å². The third kappa shape index (κ3) is 4.19. The predicted molar refractivity (Wildman–Crippen MR) is 110 cm³/mol. The van der Waals surface area contributed by atoms with Crippen molar-refractivity contribution in [1.29, 1.82) is 0 Å². The molecule has 160 valence electrons. The Balaban J connectivity index is 1.73. The van der Waals surface area contributed by atoms with Crippen molar-refractivity contribution in [3.63, 3.8) is 0 Å². The van der Waals surface area contributed by atoms with Crippen LogP contribution >= 0.6 is 0 Å². The molecular formula is C21H24N2O7. The molecule has 3 rings (SSSR count). The second-order valence-electron chi connectivity index (χ2n) is 6.31. The van der Waals surface area contributed by atoms with Gasteiger partial charge in [0.1, 0.15) is 0 Å². The van der Waals surface area contributed by atoms with E-state index in [0.717, 1.165) is 0 Å². The van der Waals surface area contributed by atoms with E-state index in [1.165, 1.54) is 28.4 Å². The van der Waals surface area contributed by atoms with Gasteiger partial charge in [0.05, 0.1) is 41.3 Å². The smallest absolute Gasteiger partial charge is 0.268 e. The number of ether oxygens (including phenoxy) is 5. The molecule has 0 fully saturated rings. The van der Waals surface area contributed by atoms with E-state index in [-0.39, 0.29) is 12.3 Å². The number of nitrogens with one attached hydrogen (secondary N) is 1. The summed E-state index contributed by atoms with van der Waals surface area (Å²) in [4.78, 5) is 18.0. The molecule has 30 heavy (non-hydrogen) atoms. The number of oxime groups is 1. The molecule has 0 radical (unpaired) electrons. The first kappa shape index (κ1) is 21.1. The minimum absolute atomic E-state index is 0.289. The van der Waals surface area contributed by atoms with Gasteiger partial charge in [-0.1, -0.05) is 5.16 Å². The van der Waals surface area contributed by atoms with E-state index in [9.17, 15) is 4.79 Å². The van der Waals surface area contributed by atoms with E-state index in [1.54, 1.807) is 37.4 Å². The molecule has 0 bridgehead atoms. The van der Waals surface area contributed by atoms with Crippen molar-refractivity contribution in [2.75, 3.05) is 40.9 Å². The summed E-state index contributed by atoms with van der Waals surface area (Å²) in [6, 6.07) is 8.62. The predicted octanol–water partition coefficient (Wildman–Crippen LogP) is 2.86. The molecule has 1 aliphatic rings. The maximum absolute atomic E-state index is 12.6. The van der Waals surface area contributed by atoms with Crippen LogP contribution in [-0.2, 0) is 9.63 Å². The summed E-state index contributed by atoms with van der Waals surface area (Å²) < 4.78 is 26.5.